The zero-order valence-electron chi connectivity index (χ0n) is 27.0. The van der Waals surface area contributed by atoms with Gasteiger partial charge < -0.3 is 41.2 Å². The van der Waals surface area contributed by atoms with E-state index in [1.165, 1.54) is 6.33 Å². The Morgan fingerprint density at radius 3 is 2.00 bits per heavy atom. The van der Waals surface area contributed by atoms with E-state index in [9.17, 15) is 24.0 Å². The van der Waals surface area contributed by atoms with Gasteiger partial charge in [-0.1, -0.05) is 54.6 Å². The van der Waals surface area contributed by atoms with Gasteiger partial charge in [0.2, 0.25) is 29.5 Å². The van der Waals surface area contributed by atoms with Crippen LogP contribution in [0.1, 0.15) is 36.8 Å². The molecule has 0 aliphatic carbocycles. The minimum Gasteiger partial charge on any atom is -0.445 e. The van der Waals surface area contributed by atoms with Crippen molar-refractivity contribution in [3.05, 3.63) is 72.1 Å². The third-order valence-electron chi connectivity index (χ3n) is 6.68. The van der Waals surface area contributed by atoms with Gasteiger partial charge in [0, 0.05) is 44.5 Å². The average Bonchev–Trinajstić information content (AvgIpc) is 3.12. The second-order valence-corrected chi connectivity index (χ2v) is 10.5. The maximum absolute atomic E-state index is 12.6. The van der Waals surface area contributed by atoms with Crippen LogP contribution in [0.25, 0.3) is 11.4 Å². The van der Waals surface area contributed by atoms with E-state index in [4.69, 9.17) is 19.9 Å². The molecule has 17 heteroatoms. The van der Waals surface area contributed by atoms with Crippen molar-refractivity contribution in [2.45, 2.75) is 44.9 Å². The monoisotopic (exact) mass is 679 g/mol. The molecule has 0 fully saturated rings. The third-order valence-corrected chi connectivity index (χ3v) is 6.68. The van der Waals surface area contributed by atoms with Gasteiger partial charge in [-0.2, -0.15) is 0 Å². The van der Waals surface area contributed by atoms with Crippen LogP contribution in [-0.4, -0.2) is 95.7 Å². The Morgan fingerprint density at radius 2 is 1.35 bits per heavy atom. The van der Waals surface area contributed by atoms with Crippen LogP contribution in [0.2, 0.25) is 0 Å². The first-order chi connectivity index (χ1) is 23.8. The highest BCUT2D eigenvalue weighted by Crippen LogP contribution is 2.13. The Bertz CT molecular complexity index is 1460. The standard InChI is InChI=1S/C32H41N9O8/c33-27(42)11-10-26(39-32(46)49-21-24-4-2-1-3-5-24)31(45)35-15-17-48-19-18-47-16-14-34-28(43)12-13-29(44)36-20-23-6-8-25(9-7-23)30-40-37-22-38-41-30/h1-9,22,26H,10-21H2,(H2,33,42)(H,34,43)(H,35,45)(H,36,44)(H,39,46). The zero-order valence-corrected chi connectivity index (χ0v) is 27.0. The number of aromatic nitrogens is 4. The molecule has 0 saturated heterocycles. The van der Waals surface area contributed by atoms with Crippen molar-refractivity contribution in [2.24, 2.45) is 5.73 Å². The molecule has 6 N–H and O–H groups in total. The van der Waals surface area contributed by atoms with Crippen molar-refractivity contribution < 1.29 is 38.2 Å². The lowest BCUT2D eigenvalue weighted by Gasteiger charge is -2.18. The molecule has 1 unspecified atom stereocenters. The van der Waals surface area contributed by atoms with Crippen LogP contribution >= 0.6 is 0 Å². The predicted octanol–water partition coefficient (Wildman–Crippen LogP) is 0.156. The minimum atomic E-state index is -1.01. The maximum Gasteiger partial charge on any atom is 0.408 e. The second kappa shape index (κ2) is 22.1. The van der Waals surface area contributed by atoms with Gasteiger partial charge in [-0.05, 0) is 17.5 Å². The van der Waals surface area contributed by atoms with Crippen molar-refractivity contribution in [3.63, 3.8) is 0 Å². The molecule has 2 aromatic carbocycles. The number of nitrogens with zero attached hydrogens (tertiary/aromatic N) is 4. The smallest absolute Gasteiger partial charge is 0.408 e. The van der Waals surface area contributed by atoms with E-state index in [0.29, 0.717) is 12.4 Å². The lowest BCUT2D eigenvalue weighted by Crippen LogP contribution is -2.48. The average molecular weight is 680 g/mol. The predicted molar refractivity (Wildman–Crippen MR) is 174 cm³/mol. The molecular weight excluding hydrogens is 638 g/mol. The van der Waals surface area contributed by atoms with Crippen molar-refractivity contribution in [1.29, 1.82) is 0 Å². The number of benzene rings is 2. The number of ether oxygens (including phenoxy) is 3. The van der Waals surface area contributed by atoms with Gasteiger partial charge in [0.1, 0.15) is 12.6 Å². The van der Waals surface area contributed by atoms with Crippen molar-refractivity contribution >= 4 is 29.7 Å². The molecule has 1 heterocycles. The first-order valence-corrected chi connectivity index (χ1v) is 15.6. The first kappa shape index (κ1) is 37.9. The second-order valence-electron chi connectivity index (χ2n) is 10.5. The van der Waals surface area contributed by atoms with E-state index in [1.807, 2.05) is 42.5 Å². The van der Waals surface area contributed by atoms with Gasteiger partial charge in [0.15, 0.2) is 6.33 Å². The van der Waals surface area contributed by atoms with Crippen LogP contribution in [0.5, 0.6) is 0 Å². The van der Waals surface area contributed by atoms with Crippen LogP contribution in [0.15, 0.2) is 60.9 Å². The van der Waals surface area contributed by atoms with Crippen LogP contribution in [0, 0.1) is 0 Å². The largest absolute Gasteiger partial charge is 0.445 e. The molecule has 0 bridgehead atoms. The van der Waals surface area contributed by atoms with Gasteiger partial charge in [-0.15, -0.1) is 20.4 Å². The molecular formula is C32H41N9O8. The summed E-state index contributed by atoms with van der Waals surface area (Å²) in [5.74, 6) is -1.22. The van der Waals surface area contributed by atoms with Gasteiger partial charge in [0.05, 0.1) is 26.4 Å². The van der Waals surface area contributed by atoms with Crippen LogP contribution in [-0.2, 0) is 46.5 Å². The molecule has 1 aromatic heterocycles. The Labute approximate surface area is 283 Å². The van der Waals surface area contributed by atoms with Crippen LogP contribution < -0.4 is 27.0 Å². The quantitative estimate of drug-likeness (QED) is 0.0893. The minimum absolute atomic E-state index is 0.0125. The summed E-state index contributed by atoms with van der Waals surface area (Å²) in [5.41, 5.74) is 7.61. The van der Waals surface area contributed by atoms with E-state index in [1.54, 1.807) is 12.1 Å². The van der Waals surface area contributed by atoms with Gasteiger partial charge in [0.25, 0.3) is 0 Å². The van der Waals surface area contributed by atoms with E-state index in [0.717, 1.165) is 16.7 Å². The van der Waals surface area contributed by atoms with Gasteiger partial charge in [-0.25, -0.2) is 4.79 Å². The summed E-state index contributed by atoms with van der Waals surface area (Å²) in [6, 6.07) is 15.3. The maximum atomic E-state index is 12.6. The number of hydrogen-bond donors (Lipinski definition) is 5. The summed E-state index contributed by atoms with van der Waals surface area (Å²) >= 11 is 0. The number of rotatable bonds is 22. The number of nitrogens with one attached hydrogen (secondary N) is 4. The number of alkyl carbamates (subject to hydrolysis) is 1. The summed E-state index contributed by atoms with van der Waals surface area (Å²) in [6.45, 7) is 1.70. The molecule has 0 radical (unpaired) electrons. The highest BCUT2D eigenvalue weighted by atomic mass is 16.5. The molecule has 3 rings (SSSR count). The Kier molecular flexibility index (Phi) is 17.1. The lowest BCUT2D eigenvalue weighted by molar-refractivity contribution is -0.126. The SMILES string of the molecule is NC(=O)CCC(NC(=O)OCc1ccccc1)C(=O)NCCOCCOCCNC(=O)CCC(=O)NCc1ccc(-c2nncnn2)cc1. The molecule has 0 aliphatic rings. The Morgan fingerprint density at radius 1 is 0.714 bits per heavy atom. The summed E-state index contributed by atoms with van der Waals surface area (Å²) in [4.78, 5) is 60.2. The number of carbonyl (C=O) groups excluding carboxylic acids is 5. The van der Waals surface area contributed by atoms with E-state index in [-0.39, 0.29) is 83.6 Å². The fourth-order valence-corrected chi connectivity index (χ4v) is 4.11. The fourth-order valence-electron chi connectivity index (χ4n) is 4.11. The van der Waals surface area contributed by atoms with Crippen molar-refractivity contribution in [3.8, 4) is 11.4 Å². The molecule has 49 heavy (non-hydrogen) atoms. The lowest BCUT2D eigenvalue weighted by atomic mass is 10.1. The van der Waals surface area contributed by atoms with Gasteiger partial charge >= 0.3 is 6.09 Å². The Hall–Kier alpha value is -5.55. The van der Waals surface area contributed by atoms with Crippen LogP contribution in [0.4, 0.5) is 4.79 Å². The number of nitrogens with two attached hydrogens (primary N) is 1. The molecule has 1 atom stereocenters. The highest BCUT2D eigenvalue weighted by Gasteiger charge is 2.22. The third kappa shape index (κ3) is 16.2. The topological polar surface area (TPSA) is 239 Å². The molecule has 0 aliphatic heterocycles. The number of amides is 5. The molecule has 5 amide bonds. The molecule has 262 valence electrons. The highest BCUT2D eigenvalue weighted by molar-refractivity contribution is 5.86. The summed E-state index contributed by atoms with van der Waals surface area (Å²) < 4.78 is 16.0. The molecule has 0 spiro atoms. The summed E-state index contributed by atoms with van der Waals surface area (Å²) in [6.07, 6.45) is 0.456. The van der Waals surface area contributed by atoms with E-state index >= 15 is 0 Å². The number of carbonyl (C=O) groups is 5. The van der Waals surface area contributed by atoms with E-state index in [2.05, 4.69) is 41.7 Å². The zero-order chi connectivity index (χ0) is 35.1. The molecule has 17 nitrogen and oxygen atoms in total. The number of primary amides is 1. The van der Waals surface area contributed by atoms with Gasteiger partial charge in [-0.3, -0.25) is 19.2 Å². The van der Waals surface area contributed by atoms with E-state index < -0.39 is 23.9 Å². The normalized spacial score (nSPS) is 11.2. The molecule has 0 saturated carbocycles. The first-order valence-electron chi connectivity index (χ1n) is 15.6. The number of hydrogen-bond acceptors (Lipinski definition) is 12. The van der Waals surface area contributed by atoms with Crippen molar-refractivity contribution in [1.82, 2.24) is 41.7 Å². The Balaban J connectivity index is 1.17. The molecule has 3 aromatic rings. The fraction of sp³-hybridized carbons (Fsp3) is 0.406. The van der Waals surface area contributed by atoms with Crippen LogP contribution in [0.3, 0.4) is 0 Å². The van der Waals surface area contributed by atoms with Crippen molar-refractivity contribution in [2.75, 3.05) is 39.5 Å². The summed E-state index contributed by atoms with van der Waals surface area (Å²) in [7, 11) is 0. The summed E-state index contributed by atoms with van der Waals surface area (Å²) in [5, 5.41) is 25.8.